The summed E-state index contributed by atoms with van der Waals surface area (Å²) in [7, 11) is 0. The Balaban J connectivity index is 1.77. The fraction of sp³-hybridized carbons (Fsp3) is 0.333. The topological polar surface area (TPSA) is 45.2 Å². The van der Waals surface area contributed by atoms with Crippen LogP contribution in [0.1, 0.15) is 18.4 Å². The molecule has 1 aliphatic rings. The van der Waals surface area contributed by atoms with E-state index in [0.717, 1.165) is 12.1 Å². The third-order valence-corrected chi connectivity index (χ3v) is 4.48. The highest BCUT2D eigenvalue weighted by Crippen LogP contribution is 2.36. The van der Waals surface area contributed by atoms with Gasteiger partial charge in [-0.1, -0.05) is 0 Å². The predicted molar refractivity (Wildman–Crippen MR) is 89.1 cm³/mol. The minimum Gasteiger partial charge on any atom is -0.355 e. The van der Waals surface area contributed by atoms with E-state index in [2.05, 4.69) is 10.3 Å². The van der Waals surface area contributed by atoms with E-state index in [9.17, 15) is 31.1 Å². The molecule has 150 valence electrons. The van der Waals surface area contributed by atoms with Crippen molar-refractivity contribution < 1.29 is 31.1 Å². The van der Waals surface area contributed by atoms with Crippen LogP contribution in [0.2, 0.25) is 0 Å². The summed E-state index contributed by atoms with van der Waals surface area (Å²) in [5, 5.41) is 2.17. The number of rotatable bonds is 3. The molecule has 3 rings (SSSR count). The third kappa shape index (κ3) is 4.05. The molecule has 0 bridgehead atoms. The molecule has 2 heterocycles. The number of piperidine rings is 1. The van der Waals surface area contributed by atoms with Crippen LogP contribution < -0.4 is 10.2 Å². The zero-order valence-corrected chi connectivity index (χ0v) is 14.4. The number of amides is 1. The molecule has 1 atom stereocenters. The van der Waals surface area contributed by atoms with Crippen LogP contribution in [-0.2, 0) is 11.0 Å². The highest BCUT2D eigenvalue weighted by molar-refractivity contribution is 5.93. The predicted octanol–water partition coefficient (Wildman–Crippen LogP) is 4.37. The monoisotopic (exact) mass is 403 g/mol. The van der Waals surface area contributed by atoms with Crippen LogP contribution in [0.5, 0.6) is 0 Å². The summed E-state index contributed by atoms with van der Waals surface area (Å²) in [4.78, 5) is 17.6. The maximum atomic E-state index is 13.7. The van der Waals surface area contributed by atoms with E-state index in [4.69, 9.17) is 0 Å². The van der Waals surface area contributed by atoms with Gasteiger partial charge in [-0.3, -0.25) is 4.79 Å². The molecule has 1 amide bonds. The van der Waals surface area contributed by atoms with E-state index in [1.54, 1.807) is 0 Å². The lowest BCUT2D eigenvalue weighted by atomic mass is 9.96. The molecule has 28 heavy (non-hydrogen) atoms. The fourth-order valence-corrected chi connectivity index (χ4v) is 3.11. The van der Waals surface area contributed by atoms with E-state index in [1.807, 2.05) is 0 Å². The molecule has 0 aliphatic carbocycles. The van der Waals surface area contributed by atoms with Crippen molar-refractivity contribution in [3.05, 3.63) is 53.5 Å². The molecule has 0 saturated carbocycles. The van der Waals surface area contributed by atoms with Gasteiger partial charge < -0.3 is 10.2 Å². The van der Waals surface area contributed by atoms with E-state index >= 15 is 0 Å². The summed E-state index contributed by atoms with van der Waals surface area (Å²) < 4.78 is 79.7. The quantitative estimate of drug-likeness (QED) is 0.612. The second kappa shape index (κ2) is 7.69. The summed E-state index contributed by atoms with van der Waals surface area (Å²) in [6.45, 7) is 0.195. The molecule has 1 aromatic carbocycles. The van der Waals surface area contributed by atoms with Gasteiger partial charge in [0.25, 0.3) is 0 Å². The number of nitrogens with zero attached hydrogens (tertiary/aromatic N) is 2. The Labute approximate surface area is 156 Å². The van der Waals surface area contributed by atoms with Gasteiger partial charge in [0.1, 0.15) is 5.82 Å². The van der Waals surface area contributed by atoms with Gasteiger partial charge in [0.2, 0.25) is 5.91 Å². The number of hydrogen-bond acceptors (Lipinski definition) is 3. The molecular weight excluding hydrogens is 388 g/mol. The van der Waals surface area contributed by atoms with Crippen molar-refractivity contribution in [2.75, 3.05) is 23.3 Å². The van der Waals surface area contributed by atoms with Crippen molar-refractivity contribution in [3.63, 3.8) is 0 Å². The lowest BCUT2D eigenvalue weighted by molar-refractivity contribution is -0.137. The molecule has 1 N–H and O–H groups in total. The summed E-state index contributed by atoms with van der Waals surface area (Å²) in [6.07, 6.45) is -2.62. The molecule has 1 aromatic heterocycles. The Morgan fingerprint density at radius 1 is 1.14 bits per heavy atom. The van der Waals surface area contributed by atoms with Gasteiger partial charge in [0.05, 0.1) is 17.2 Å². The summed E-state index contributed by atoms with van der Waals surface area (Å²) in [5.74, 6) is -6.40. The van der Waals surface area contributed by atoms with Crippen molar-refractivity contribution in [2.45, 2.75) is 19.0 Å². The third-order valence-electron chi connectivity index (χ3n) is 4.48. The average Bonchev–Trinajstić information content (AvgIpc) is 2.68. The van der Waals surface area contributed by atoms with Crippen molar-refractivity contribution in [1.29, 1.82) is 0 Å². The van der Waals surface area contributed by atoms with Gasteiger partial charge in [-0.05, 0) is 37.1 Å². The first-order valence-electron chi connectivity index (χ1n) is 8.40. The normalized spacial score (nSPS) is 17.5. The number of aromatic nitrogens is 1. The molecule has 10 heteroatoms. The molecule has 1 fully saturated rings. The van der Waals surface area contributed by atoms with E-state index < -0.39 is 46.7 Å². The molecule has 4 nitrogen and oxygen atoms in total. The molecule has 1 saturated heterocycles. The zero-order chi connectivity index (χ0) is 20.5. The number of carbonyl (C=O) groups is 1. The van der Waals surface area contributed by atoms with Crippen molar-refractivity contribution >= 4 is 17.4 Å². The van der Waals surface area contributed by atoms with Crippen LogP contribution in [0.3, 0.4) is 0 Å². The number of benzene rings is 1. The first-order chi connectivity index (χ1) is 13.2. The molecule has 0 unspecified atom stereocenters. The lowest BCUT2D eigenvalue weighted by Crippen LogP contribution is -2.42. The highest BCUT2D eigenvalue weighted by Gasteiger charge is 2.37. The summed E-state index contributed by atoms with van der Waals surface area (Å²) in [5.41, 5.74) is -1.45. The van der Waals surface area contributed by atoms with Gasteiger partial charge in [0.15, 0.2) is 17.5 Å². The minimum atomic E-state index is -4.60. The van der Waals surface area contributed by atoms with Gasteiger partial charge in [0, 0.05) is 19.3 Å². The summed E-state index contributed by atoms with van der Waals surface area (Å²) in [6, 6.07) is 3.63. The molecule has 0 radical (unpaired) electrons. The van der Waals surface area contributed by atoms with Gasteiger partial charge >= 0.3 is 6.18 Å². The second-order valence-corrected chi connectivity index (χ2v) is 6.37. The highest BCUT2D eigenvalue weighted by atomic mass is 19.4. The Morgan fingerprint density at radius 2 is 1.89 bits per heavy atom. The van der Waals surface area contributed by atoms with Crippen LogP contribution in [0.25, 0.3) is 0 Å². The van der Waals surface area contributed by atoms with Gasteiger partial charge in [-0.25, -0.2) is 18.2 Å². The first-order valence-corrected chi connectivity index (χ1v) is 8.40. The van der Waals surface area contributed by atoms with E-state index in [1.165, 1.54) is 17.2 Å². The molecule has 1 aliphatic heterocycles. The van der Waals surface area contributed by atoms with Crippen LogP contribution in [0.15, 0.2) is 30.5 Å². The maximum absolute atomic E-state index is 13.7. The molecule has 2 aromatic rings. The van der Waals surface area contributed by atoms with Gasteiger partial charge in [-0.15, -0.1) is 0 Å². The van der Waals surface area contributed by atoms with Crippen LogP contribution >= 0.6 is 0 Å². The van der Waals surface area contributed by atoms with Gasteiger partial charge in [-0.2, -0.15) is 13.2 Å². The van der Waals surface area contributed by atoms with E-state index in [0.29, 0.717) is 18.9 Å². The van der Waals surface area contributed by atoms with Crippen LogP contribution in [0, 0.1) is 23.4 Å². The Kier molecular flexibility index (Phi) is 5.48. The van der Waals surface area contributed by atoms with E-state index in [-0.39, 0.29) is 18.9 Å². The first kappa shape index (κ1) is 20.0. The maximum Gasteiger partial charge on any atom is 0.419 e. The number of alkyl halides is 3. The Hall–Kier alpha value is -2.78. The fourth-order valence-electron chi connectivity index (χ4n) is 3.11. The zero-order valence-electron chi connectivity index (χ0n) is 14.4. The van der Waals surface area contributed by atoms with Crippen LogP contribution in [0.4, 0.5) is 37.8 Å². The number of nitrogens with one attached hydrogen (secondary N) is 1. The largest absolute Gasteiger partial charge is 0.419 e. The minimum absolute atomic E-state index is 0.0722. The molecular formula is C18H15F6N3O. The molecule has 0 spiro atoms. The standard InChI is InChI=1S/C18H15F6N3O/c19-12-5-6-13(15(21)14(12)20)26-17(28)10-3-2-8-27(9-10)16-11(18(22,23)24)4-1-7-25-16/h1,4-7,10H,2-3,8-9H2,(H,26,28)/t10-/m0/s1. The smallest absolute Gasteiger partial charge is 0.355 e. The SMILES string of the molecule is O=C(Nc1ccc(F)c(F)c1F)[C@H]1CCCN(c2ncccc2C(F)(F)F)C1. The number of hydrogen-bond donors (Lipinski definition) is 1. The van der Waals surface area contributed by atoms with Crippen LogP contribution in [-0.4, -0.2) is 24.0 Å². The van der Waals surface area contributed by atoms with Crippen molar-refractivity contribution in [2.24, 2.45) is 5.92 Å². The second-order valence-electron chi connectivity index (χ2n) is 6.37. The Morgan fingerprint density at radius 3 is 2.61 bits per heavy atom. The number of halogens is 6. The van der Waals surface area contributed by atoms with Crippen molar-refractivity contribution in [1.82, 2.24) is 4.98 Å². The lowest BCUT2D eigenvalue weighted by Gasteiger charge is -2.34. The number of anilines is 2. The summed E-state index contributed by atoms with van der Waals surface area (Å²) >= 11 is 0. The van der Waals surface area contributed by atoms with Crippen molar-refractivity contribution in [3.8, 4) is 0 Å². The average molecular weight is 403 g/mol. The Bertz CT molecular complexity index is 886. The number of carbonyl (C=O) groups excluding carboxylic acids is 1. The number of pyridine rings is 1.